The van der Waals surface area contributed by atoms with Crippen molar-refractivity contribution >= 4 is 33.1 Å². The van der Waals surface area contributed by atoms with Crippen LogP contribution in [-0.4, -0.2) is 39.1 Å². The van der Waals surface area contributed by atoms with Crippen molar-refractivity contribution in [3.05, 3.63) is 18.3 Å². The van der Waals surface area contributed by atoms with Gasteiger partial charge in [-0.3, -0.25) is 4.72 Å². The van der Waals surface area contributed by atoms with Gasteiger partial charge in [0.2, 0.25) is 10.0 Å². The molecule has 0 aliphatic carbocycles. The number of pyridine rings is 1. The van der Waals surface area contributed by atoms with Gasteiger partial charge in [0, 0.05) is 20.0 Å². The van der Waals surface area contributed by atoms with Gasteiger partial charge in [-0.2, -0.15) is 0 Å². The number of halogens is 1. The van der Waals surface area contributed by atoms with Gasteiger partial charge in [-0.1, -0.05) is 0 Å². The van der Waals surface area contributed by atoms with Gasteiger partial charge in [-0.25, -0.2) is 13.4 Å². The maximum atomic E-state index is 11.7. The SMILES string of the molecule is CN(C)c1ccc(NS(=O)(=O)CCCCCl)cn1. The number of unbranched alkanes of at least 4 members (excludes halogenated alkanes) is 1. The number of sulfonamides is 1. The third-order valence-corrected chi connectivity index (χ3v) is 3.92. The van der Waals surface area contributed by atoms with Gasteiger partial charge in [0.1, 0.15) is 5.82 Å². The van der Waals surface area contributed by atoms with Crippen molar-refractivity contribution < 1.29 is 8.42 Å². The molecule has 1 N–H and O–H groups in total. The molecule has 7 heteroatoms. The van der Waals surface area contributed by atoms with Crippen molar-refractivity contribution in [1.29, 1.82) is 0 Å². The fourth-order valence-electron chi connectivity index (χ4n) is 1.33. The van der Waals surface area contributed by atoms with E-state index < -0.39 is 10.0 Å². The number of nitrogens with one attached hydrogen (secondary N) is 1. The summed E-state index contributed by atoms with van der Waals surface area (Å²) in [6.07, 6.45) is 2.76. The van der Waals surface area contributed by atoms with Crippen LogP contribution in [0.3, 0.4) is 0 Å². The molecule has 0 bridgehead atoms. The molecule has 0 spiro atoms. The van der Waals surface area contributed by atoms with E-state index in [2.05, 4.69) is 9.71 Å². The lowest BCUT2D eigenvalue weighted by Crippen LogP contribution is -2.17. The average molecular weight is 292 g/mol. The van der Waals surface area contributed by atoms with Gasteiger partial charge in [0.25, 0.3) is 0 Å². The molecule has 1 rings (SSSR count). The third-order valence-electron chi connectivity index (χ3n) is 2.28. The molecular formula is C11H18ClN3O2S. The summed E-state index contributed by atoms with van der Waals surface area (Å²) in [5, 5.41) is 0. The number of nitrogens with zero attached hydrogens (tertiary/aromatic N) is 2. The molecule has 0 saturated heterocycles. The predicted molar refractivity (Wildman–Crippen MR) is 75.9 cm³/mol. The van der Waals surface area contributed by atoms with Gasteiger partial charge in [0.15, 0.2) is 0 Å². The number of hydrogen-bond acceptors (Lipinski definition) is 4. The predicted octanol–water partition coefficient (Wildman–Crippen LogP) is 1.91. The Morgan fingerprint density at radius 2 is 2.06 bits per heavy atom. The molecule has 0 amide bonds. The smallest absolute Gasteiger partial charge is 0.232 e. The molecule has 0 aromatic carbocycles. The van der Waals surface area contributed by atoms with Gasteiger partial charge in [0.05, 0.1) is 17.6 Å². The van der Waals surface area contributed by atoms with Crippen LogP contribution in [0.2, 0.25) is 0 Å². The van der Waals surface area contributed by atoms with Gasteiger partial charge in [-0.15, -0.1) is 11.6 Å². The second-order valence-corrected chi connectivity index (χ2v) is 6.34. The summed E-state index contributed by atoms with van der Waals surface area (Å²) in [4.78, 5) is 5.98. The molecule has 0 fully saturated rings. The van der Waals surface area contributed by atoms with E-state index in [4.69, 9.17) is 11.6 Å². The van der Waals surface area contributed by atoms with Gasteiger partial charge in [-0.05, 0) is 25.0 Å². The molecule has 0 radical (unpaired) electrons. The fraction of sp³-hybridized carbons (Fsp3) is 0.545. The normalized spacial score (nSPS) is 11.3. The molecule has 1 heterocycles. The van der Waals surface area contributed by atoms with Crippen LogP contribution >= 0.6 is 11.6 Å². The minimum atomic E-state index is -3.30. The summed E-state index contributed by atoms with van der Waals surface area (Å²) >= 11 is 5.51. The van der Waals surface area contributed by atoms with E-state index in [1.165, 1.54) is 6.20 Å². The second kappa shape index (κ2) is 6.80. The molecule has 0 aliphatic heterocycles. The molecule has 5 nitrogen and oxygen atoms in total. The Labute approximate surface area is 113 Å². The summed E-state index contributed by atoms with van der Waals surface area (Å²) in [5.74, 6) is 1.34. The molecule has 1 aromatic rings. The summed E-state index contributed by atoms with van der Waals surface area (Å²) in [5.41, 5.74) is 0.478. The second-order valence-electron chi connectivity index (χ2n) is 4.12. The highest BCUT2D eigenvalue weighted by Crippen LogP contribution is 2.13. The highest BCUT2D eigenvalue weighted by molar-refractivity contribution is 7.92. The van der Waals surface area contributed by atoms with Crippen LogP contribution in [-0.2, 0) is 10.0 Å². The van der Waals surface area contributed by atoms with Crippen molar-refractivity contribution in [2.75, 3.05) is 35.4 Å². The zero-order valence-corrected chi connectivity index (χ0v) is 12.1. The van der Waals surface area contributed by atoms with Crippen LogP contribution in [0.15, 0.2) is 18.3 Å². The Balaban J connectivity index is 2.61. The Morgan fingerprint density at radius 1 is 1.33 bits per heavy atom. The maximum Gasteiger partial charge on any atom is 0.232 e. The first-order valence-electron chi connectivity index (χ1n) is 5.64. The number of aromatic nitrogens is 1. The van der Waals surface area contributed by atoms with Crippen molar-refractivity contribution in [2.45, 2.75) is 12.8 Å². The fourth-order valence-corrected chi connectivity index (χ4v) is 2.68. The number of hydrogen-bond donors (Lipinski definition) is 1. The molecule has 102 valence electrons. The van der Waals surface area contributed by atoms with Crippen molar-refractivity contribution in [1.82, 2.24) is 4.98 Å². The molecular weight excluding hydrogens is 274 g/mol. The summed E-state index contributed by atoms with van der Waals surface area (Å²) in [6.45, 7) is 0. The monoisotopic (exact) mass is 291 g/mol. The Bertz CT molecular complexity index is 460. The van der Waals surface area contributed by atoms with Gasteiger partial charge >= 0.3 is 0 Å². The molecule has 18 heavy (non-hydrogen) atoms. The Kier molecular flexibility index (Phi) is 5.68. The topological polar surface area (TPSA) is 62.3 Å². The largest absolute Gasteiger partial charge is 0.363 e. The van der Waals surface area contributed by atoms with Crippen molar-refractivity contribution in [2.24, 2.45) is 0 Å². The van der Waals surface area contributed by atoms with E-state index >= 15 is 0 Å². The highest BCUT2D eigenvalue weighted by atomic mass is 35.5. The summed E-state index contributed by atoms with van der Waals surface area (Å²) in [7, 11) is 0.444. The first kappa shape index (κ1) is 15.0. The molecule has 0 saturated carbocycles. The van der Waals surface area contributed by atoms with Crippen LogP contribution in [0.4, 0.5) is 11.5 Å². The van der Waals surface area contributed by atoms with Crippen LogP contribution in [0.1, 0.15) is 12.8 Å². The lowest BCUT2D eigenvalue weighted by molar-refractivity contribution is 0.598. The zero-order chi connectivity index (χ0) is 13.6. The van der Waals surface area contributed by atoms with Crippen LogP contribution in [0.25, 0.3) is 0 Å². The minimum Gasteiger partial charge on any atom is -0.363 e. The lowest BCUT2D eigenvalue weighted by atomic mass is 10.4. The average Bonchev–Trinajstić information content (AvgIpc) is 2.29. The highest BCUT2D eigenvalue weighted by Gasteiger charge is 2.10. The van der Waals surface area contributed by atoms with E-state index in [0.717, 1.165) is 5.82 Å². The zero-order valence-electron chi connectivity index (χ0n) is 10.6. The molecule has 0 atom stereocenters. The maximum absolute atomic E-state index is 11.7. The van der Waals surface area contributed by atoms with Crippen molar-refractivity contribution in [3.63, 3.8) is 0 Å². The van der Waals surface area contributed by atoms with E-state index in [0.29, 0.717) is 24.4 Å². The molecule has 1 aromatic heterocycles. The number of rotatable bonds is 7. The van der Waals surface area contributed by atoms with E-state index in [-0.39, 0.29) is 5.75 Å². The van der Waals surface area contributed by atoms with E-state index in [1.54, 1.807) is 12.1 Å². The Morgan fingerprint density at radius 3 is 2.56 bits per heavy atom. The van der Waals surface area contributed by atoms with E-state index in [1.807, 2.05) is 19.0 Å². The quantitative estimate of drug-likeness (QED) is 0.616. The van der Waals surface area contributed by atoms with Crippen LogP contribution < -0.4 is 9.62 Å². The van der Waals surface area contributed by atoms with Crippen molar-refractivity contribution in [3.8, 4) is 0 Å². The van der Waals surface area contributed by atoms with Crippen LogP contribution in [0, 0.1) is 0 Å². The standard InChI is InChI=1S/C11H18ClN3O2S/c1-15(2)11-6-5-10(9-13-11)14-18(16,17)8-4-3-7-12/h5-6,9,14H,3-4,7-8H2,1-2H3. The molecule has 0 aliphatic rings. The van der Waals surface area contributed by atoms with E-state index in [9.17, 15) is 8.42 Å². The van der Waals surface area contributed by atoms with Crippen LogP contribution in [0.5, 0.6) is 0 Å². The number of alkyl halides is 1. The summed E-state index contributed by atoms with van der Waals surface area (Å²) in [6, 6.07) is 3.46. The third kappa shape index (κ3) is 5.10. The summed E-state index contributed by atoms with van der Waals surface area (Å²) < 4.78 is 25.9. The molecule has 0 unspecified atom stereocenters. The first-order chi connectivity index (χ1) is 8.44. The number of anilines is 2. The van der Waals surface area contributed by atoms with Gasteiger partial charge < -0.3 is 4.90 Å². The minimum absolute atomic E-state index is 0.0785. The first-order valence-corrected chi connectivity index (χ1v) is 7.83. The lowest BCUT2D eigenvalue weighted by Gasteiger charge is -2.12. The Hall–Kier alpha value is -1.01.